The molecule has 26 heavy (non-hydrogen) atoms. The molecule has 0 aliphatic carbocycles. The quantitative estimate of drug-likeness (QED) is 0.772. The first-order chi connectivity index (χ1) is 12.6. The Labute approximate surface area is 156 Å². The summed E-state index contributed by atoms with van der Waals surface area (Å²) in [6.45, 7) is 3.36. The summed E-state index contributed by atoms with van der Waals surface area (Å²) in [5, 5.41) is 0. The predicted molar refractivity (Wildman–Crippen MR) is 101 cm³/mol. The summed E-state index contributed by atoms with van der Waals surface area (Å²) in [6, 6.07) is 7.69. The van der Waals surface area contributed by atoms with E-state index >= 15 is 0 Å². The van der Waals surface area contributed by atoms with E-state index in [2.05, 4.69) is 0 Å². The van der Waals surface area contributed by atoms with Crippen LogP contribution in [0.25, 0.3) is 0 Å². The summed E-state index contributed by atoms with van der Waals surface area (Å²) in [5.41, 5.74) is 0.619. The highest BCUT2D eigenvalue weighted by Gasteiger charge is 2.37. The normalized spacial score (nSPS) is 24.6. The van der Waals surface area contributed by atoms with Gasteiger partial charge in [0.1, 0.15) is 5.75 Å². The number of carbonyl (C=O) groups excluding carboxylic acids is 2. The number of likely N-dealkylation sites (N-methyl/N-ethyl adjacent to an activating group) is 1. The third-order valence-electron chi connectivity index (χ3n) is 5.70. The van der Waals surface area contributed by atoms with Crippen molar-refractivity contribution in [3.8, 4) is 5.75 Å². The van der Waals surface area contributed by atoms with Crippen LogP contribution in [0.2, 0.25) is 0 Å². The molecule has 0 radical (unpaired) electrons. The van der Waals surface area contributed by atoms with Crippen LogP contribution in [0.3, 0.4) is 0 Å². The number of hydrogen-bond donors (Lipinski definition) is 0. The highest BCUT2D eigenvalue weighted by Crippen LogP contribution is 2.29. The molecule has 142 valence electrons. The van der Waals surface area contributed by atoms with E-state index in [1.165, 1.54) is 0 Å². The Morgan fingerprint density at radius 1 is 1.12 bits per heavy atom. The van der Waals surface area contributed by atoms with Gasteiger partial charge in [0.15, 0.2) is 0 Å². The van der Waals surface area contributed by atoms with Crippen molar-refractivity contribution >= 4 is 11.8 Å². The monoisotopic (exact) mass is 358 g/mol. The summed E-state index contributed by atoms with van der Waals surface area (Å²) < 4.78 is 5.88. The molecule has 2 heterocycles. The zero-order chi connectivity index (χ0) is 18.5. The van der Waals surface area contributed by atoms with Crippen LogP contribution in [-0.4, -0.2) is 53.9 Å². The lowest BCUT2D eigenvalue weighted by Gasteiger charge is -2.45. The number of fused-ring (bicyclic) bond motifs is 2. The van der Waals surface area contributed by atoms with Gasteiger partial charge < -0.3 is 14.5 Å². The van der Waals surface area contributed by atoms with E-state index < -0.39 is 0 Å². The van der Waals surface area contributed by atoms with Gasteiger partial charge in [-0.25, -0.2) is 0 Å². The number of benzene rings is 1. The van der Waals surface area contributed by atoms with Crippen molar-refractivity contribution in [1.29, 1.82) is 0 Å². The molecule has 2 atom stereocenters. The van der Waals surface area contributed by atoms with Crippen LogP contribution < -0.4 is 4.74 Å². The summed E-state index contributed by atoms with van der Waals surface area (Å²) >= 11 is 0. The van der Waals surface area contributed by atoms with Gasteiger partial charge in [0.2, 0.25) is 5.91 Å². The first-order valence-corrected chi connectivity index (χ1v) is 9.92. The minimum atomic E-state index is -0.0121. The third-order valence-corrected chi connectivity index (χ3v) is 5.70. The van der Waals surface area contributed by atoms with Crippen LogP contribution in [0, 0.1) is 0 Å². The van der Waals surface area contributed by atoms with E-state index in [0.29, 0.717) is 24.3 Å². The van der Waals surface area contributed by atoms with Gasteiger partial charge in [0.25, 0.3) is 5.91 Å². The van der Waals surface area contributed by atoms with Crippen molar-refractivity contribution in [1.82, 2.24) is 9.80 Å². The second kappa shape index (κ2) is 8.56. The molecule has 3 rings (SSSR count). The second-order valence-corrected chi connectivity index (χ2v) is 7.33. The fraction of sp³-hybridized carbons (Fsp3) is 0.619. The van der Waals surface area contributed by atoms with Crippen LogP contribution in [-0.2, 0) is 4.79 Å². The van der Waals surface area contributed by atoms with Crippen LogP contribution in [0.5, 0.6) is 5.75 Å². The number of piperidine rings is 1. The van der Waals surface area contributed by atoms with E-state index in [9.17, 15) is 9.59 Å². The molecule has 5 heteroatoms. The van der Waals surface area contributed by atoms with Crippen molar-refractivity contribution < 1.29 is 14.3 Å². The lowest BCUT2D eigenvalue weighted by atomic mass is 9.89. The summed E-state index contributed by atoms with van der Waals surface area (Å²) in [4.78, 5) is 29.6. The molecular formula is C21H30N2O3. The van der Waals surface area contributed by atoms with Gasteiger partial charge in [-0.2, -0.15) is 0 Å². The van der Waals surface area contributed by atoms with Crippen molar-refractivity contribution in [3.05, 3.63) is 29.8 Å². The zero-order valence-corrected chi connectivity index (χ0v) is 15.9. The molecule has 0 unspecified atom stereocenters. The average molecular weight is 358 g/mol. The van der Waals surface area contributed by atoms with Crippen LogP contribution in [0.15, 0.2) is 24.3 Å². The van der Waals surface area contributed by atoms with Crippen molar-refractivity contribution in [2.45, 2.75) is 64.0 Å². The topological polar surface area (TPSA) is 49.9 Å². The molecule has 2 amide bonds. The average Bonchev–Trinajstić information content (AvgIpc) is 2.68. The number of rotatable bonds is 1. The van der Waals surface area contributed by atoms with E-state index in [-0.39, 0.29) is 23.9 Å². The summed E-state index contributed by atoms with van der Waals surface area (Å²) in [5.74, 6) is 0.858. The fourth-order valence-electron chi connectivity index (χ4n) is 4.27. The number of nitrogens with zero attached hydrogens (tertiary/aromatic N) is 2. The van der Waals surface area contributed by atoms with E-state index in [1.54, 1.807) is 0 Å². The highest BCUT2D eigenvalue weighted by atomic mass is 16.5. The molecule has 1 aromatic rings. The second-order valence-electron chi connectivity index (χ2n) is 7.33. The van der Waals surface area contributed by atoms with Crippen molar-refractivity contribution in [3.63, 3.8) is 0 Å². The molecule has 2 aliphatic heterocycles. The molecule has 1 aromatic carbocycles. The largest absolute Gasteiger partial charge is 0.493 e. The smallest absolute Gasteiger partial charge is 0.257 e. The van der Waals surface area contributed by atoms with Gasteiger partial charge >= 0.3 is 0 Å². The Hall–Kier alpha value is -2.04. The summed E-state index contributed by atoms with van der Waals surface area (Å²) in [6.07, 6.45) is 6.48. The molecule has 0 aromatic heterocycles. The van der Waals surface area contributed by atoms with Gasteiger partial charge in [0, 0.05) is 20.0 Å². The van der Waals surface area contributed by atoms with E-state index in [1.807, 2.05) is 48.0 Å². The zero-order valence-electron chi connectivity index (χ0n) is 15.9. The number of hydrogen-bond acceptors (Lipinski definition) is 3. The molecule has 0 saturated carbocycles. The van der Waals surface area contributed by atoms with Gasteiger partial charge in [-0.3, -0.25) is 9.59 Å². The molecule has 0 bridgehead atoms. The maximum atomic E-state index is 13.2. The van der Waals surface area contributed by atoms with Crippen molar-refractivity contribution in [2.75, 3.05) is 20.2 Å². The highest BCUT2D eigenvalue weighted by molar-refractivity contribution is 5.97. The number of ether oxygens (including phenoxy) is 1. The maximum absolute atomic E-state index is 13.2. The Bertz CT molecular complexity index is 646. The first-order valence-electron chi connectivity index (χ1n) is 9.92. The van der Waals surface area contributed by atoms with Gasteiger partial charge in [-0.05, 0) is 44.2 Å². The van der Waals surface area contributed by atoms with E-state index in [4.69, 9.17) is 4.74 Å². The van der Waals surface area contributed by atoms with Crippen LogP contribution >= 0.6 is 0 Å². The van der Waals surface area contributed by atoms with Gasteiger partial charge in [-0.15, -0.1) is 0 Å². The maximum Gasteiger partial charge on any atom is 0.257 e. The number of amides is 2. The minimum absolute atomic E-state index is 0.0121. The van der Waals surface area contributed by atoms with Crippen molar-refractivity contribution in [2.24, 2.45) is 0 Å². The number of para-hydroxylation sites is 1. The molecule has 1 saturated heterocycles. The third kappa shape index (κ3) is 3.87. The lowest BCUT2D eigenvalue weighted by Crippen LogP contribution is -2.57. The fourth-order valence-corrected chi connectivity index (χ4v) is 4.27. The molecule has 0 spiro atoms. The first kappa shape index (κ1) is 18.7. The SMILES string of the molecule is CCC(=O)N1CCC[C@H]2[C@@H]1CCCCCOc1ccccc1C(=O)N2C. The Morgan fingerprint density at radius 2 is 1.88 bits per heavy atom. The number of carbonyl (C=O) groups is 2. The minimum Gasteiger partial charge on any atom is -0.493 e. The predicted octanol–water partition coefficient (Wildman–Crippen LogP) is 3.48. The van der Waals surface area contributed by atoms with Gasteiger partial charge in [-0.1, -0.05) is 25.5 Å². The molecular weight excluding hydrogens is 328 g/mol. The molecule has 5 nitrogen and oxygen atoms in total. The van der Waals surface area contributed by atoms with Crippen LogP contribution in [0.1, 0.15) is 62.2 Å². The Kier molecular flexibility index (Phi) is 6.17. The Morgan fingerprint density at radius 3 is 2.69 bits per heavy atom. The number of likely N-dealkylation sites (tertiary alicyclic amines) is 1. The summed E-state index contributed by atoms with van der Waals surface area (Å²) in [7, 11) is 1.88. The molecule has 2 aliphatic rings. The van der Waals surface area contributed by atoms with E-state index in [0.717, 1.165) is 45.1 Å². The molecule has 0 N–H and O–H groups in total. The lowest BCUT2D eigenvalue weighted by molar-refractivity contribution is -0.136. The Balaban J connectivity index is 1.92. The molecule has 1 fully saturated rings. The van der Waals surface area contributed by atoms with Crippen LogP contribution in [0.4, 0.5) is 0 Å². The standard InChI is InChI=1S/C21H30N2O3/c1-3-20(24)23-14-9-12-17-18(23)11-5-4-8-15-26-19-13-7-6-10-16(19)21(25)22(17)2/h6-7,10,13,17-18H,3-5,8-9,11-12,14-15H2,1-2H3/t17-,18-/m0/s1. The van der Waals surface area contributed by atoms with Gasteiger partial charge in [0.05, 0.1) is 24.3 Å².